The number of allylic oxidation sites excluding steroid dienone is 2. The van der Waals surface area contributed by atoms with E-state index in [0.29, 0.717) is 0 Å². The third kappa shape index (κ3) is 4.19. The number of rotatable bonds is 7. The Hall–Kier alpha value is -2.08. The van der Waals surface area contributed by atoms with Gasteiger partial charge in [-0.1, -0.05) is 85.7 Å². The zero-order valence-electron chi connectivity index (χ0n) is 12.9. The lowest BCUT2D eigenvalue weighted by Gasteiger charge is -2.15. The Morgan fingerprint density at radius 1 is 0.905 bits per heavy atom. The fraction of sp³-hybridized carbons (Fsp3) is 0.238. The first-order chi connectivity index (χ1) is 10.4. The molecule has 108 valence electrons. The largest absolute Gasteiger partial charge is 0.103 e. The summed E-state index contributed by atoms with van der Waals surface area (Å²) in [4.78, 5) is 0. The summed E-state index contributed by atoms with van der Waals surface area (Å²) in [6.07, 6.45) is 6.57. The lowest BCUT2D eigenvalue weighted by atomic mass is 9.89. The van der Waals surface area contributed by atoms with Crippen molar-refractivity contribution in [1.82, 2.24) is 0 Å². The summed E-state index contributed by atoms with van der Waals surface area (Å²) in [5, 5.41) is 0. The molecule has 0 aliphatic heterocycles. The quantitative estimate of drug-likeness (QED) is 0.524. The van der Waals surface area contributed by atoms with Crippen LogP contribution in [0.5, 0.6) is 0 Å². The van der Waals surface area contributed by atoms with Crippen LogP contribution in [0.15, 0.2) is 78.9 Å². The van der Waals surface area contributed by atoms with Gasteiger partial charge in [0, 0.05) is 0 Å². The molecule has 0 N–H and O–H groups in total. The fourth-order valence-electron chi connectivity index (χ4n) is 2.68. The minimum atomic E-state index is 0.957. The van der Waals surface area contributed by atoms with Gasteiger partial charge in [0.2, 0.25) is 0 Å². The highest BCUT2D eigenvalue weighted by Gasteiger charge is 2.10. The van der Waals surface area contributed by atoms with Crippen molar-refractivity contribution in [3.8, 4) is 0 Å². The molecule has 0 bridgehead atoms. The lowest BCUT2D eigenvalue weighted by Crippen LogP contribution is -1.95. The summed E-state index contributed by atoms with van der Waals surface area (Å²) < 4.78 is 0. The average molecular weight is 276 g/mol. The predicted molar refractivity (Wildman–Crippen MR) is 93.2 cm³/mol. The minimum Gasteiger partial charge on any atom is -0.103 e. The van der Waals surface area contributed by atoms with E-state index < -0.39 is 0 Å². The third-order valence-electron chi connectivity index (χ3n) is 3.70. The van der Waals surface area contributed by atoms with Crippen LogP contribution in [0.25, 0.3) is 5.57 Å². The molecule has 0 heterocycles. The van der Waals surface area contributed by atoms with Gasteiger partial charge in [-0.15, -0.1) is 6.58 Å². The Morgan fingerprint density at radius 2 is 1.43 bits per heavy atom. The highest BCUT2D eigenvalue weighted by atomic mass is 14.1. The van der Waals surface area contributed by atoms with Gasteiger partial charge in [-0.05, 0) is 36.0 Å². The topological polar surface area (TPSA) is 0 Å². The number of hydrogen-bond acceptors (Lipinski definition) is 0. The summed E-state index contributed by atoms with van der Waals surface area (Å²) >= 11 is 0. The molecule has 21 heavy (non-hydrogen) atoms. The molecule has 0 atom stereocenters. The molecule has 0 heteroatoms. The molecule has 0 aromatic heterocycles. The van der Waals surface area contributed by atoms with Gasteiger partial charge >= 0.3 is 0 Å². The fourth-order valence-corrected chi connectivity index (χ4v) is 2.68. The maximum Gasteiger partial charge on any atom is -0.0116 e. The van der Waals surface area contributed by atoms with Gasteiger partial charge in [0.15, 0.2) is 0 Å². The summed E-state index contributed by atoms with van der Waals surface area (Å²) in [5.41, 5.74) is 5.47. The van der Waals surface area contributed by atoms with Gasteiger partial charge in [0.05, 0.1) is 0 Å². The maximum absolute atomic E-state index is 3.94. The second-order valence-electron chi connectivity index (χ2n) is 5.31. The van der Waals surface area contributed by atoms with Crippen LogP contribution in [0.3, 0.4) is 0 Å². The van der Waals surface area contributed by atoms with Gasteiger partial charge in [-0.3, -0.25) is 0 Å². The molecule has 0 aliphatic carbocycles. The molecule has 0 nitrogen and oxygen atoms in total. The third-order valence-corrected chi connectivity index (χ3v) is 3.70. The van der Waals surface area contributed by atoms with E-state index in [1.165, 1.54) is 35.1 Å². The second-order valence-corrected chi connectivity index (χ2v) is 5.31. The molecule has 0 unspecified atom stereocenters. The summed E-state index contributed by atoms with van der Waals surface area (Å²) in [7, 11) is 0. The predicted octanol–water partition coefficient (Wildman–Crippen LogP) is 6.25. The minimum absolute atomic E-state index is 0.957. The SMILES string of the molecule is C=CCC(CCCC)=C(c1ccccc1)c1ccccc1. The van der Waals surface area contributed by atoms with Crippen LogP contribution in [-0.2, 0) is 0 Å². The smallest absolute Gasteiger partial charge is 0.0116 e. The molecular formula is C21H24. The molecule has 2 rings (SSSR count). The molecular weight excluding hydrogens is 252 g/mol. The summed E-state index contributed by atoms with van der Waals surface area (Å²) in [6.45, 7) is 6.19. The number of unbranched alkanes of at least 4 members (excludes halogenated alkanes) is 1. The number of benzene rings is 2. The Morgan fingerprint density at radius 3 is 1.86 bits per heavy atom. The van der Waals surface area contributed by atoms with Crippen LogP contribution in [0.2, 0.25) is 0 Å². The molecule has 0 amide bonds. The van der Waals surface area contributed by atoms with Crippen LogP contribution in [-0.4, -0.2) is 0 Å². The van der Waals surface area contributed by atoms with E-state index in [4.69, 9.17) is 0 Å². The van der Waals surface area contributed by atoms with E-state index >= 15 is 0 Å². The van der Waals surface area contributed by atoms with Gasteiger partial charge in [-0.2, -0.15) is 0 Å². The monoisotopic (exact) mass is 276 g/mol. The van der Waals surface area contributed by atoms with Gasteiger partial charge in [-0.25, -0.2) is 0 Å². The van der Waals surface area contributed by atoms with E-state index in [1.807, 2.05) is 6.08 Å². The first kappa shape index (κ1) is 15.3. The number of hydrogen-bond donors (Lipinski definition) is 0. The Labute approximate surface area is 128 Å². The first-order valence-corrected chi connectivity index (χ1v) is 7.80. The van der Waals surface area contributed by atoms with Crippen molar-refractivity contribution in [2.45, 2.75) is 32.6 Å². The molecule has 0 saturated heterocycles. The highest BCUT2D eigenvalue weighted by molar-refractivity contribution is 5.82. The molecule has 2 aromatic rings. The van der Waals surface area contributed by atoms with Gasteiger partial charge in [0.25, 0.3) is 0 Å². The van der Waals surface area contributed by atoms with Crippen molar-refractivity contribution >= 4 is 5.57 Å². The highest BCUT2D eigenvalue weighted by Crippen LogP contribution is 2.31. The van der Waals surface area contributed by atoms with Crippen LogP contribution >= 0.6 is 0 Å². The standard InChI is InChI=1S/C21H24/c1-3-5-13-18(12-4-2)21(19-14-8-6-9-15-19)20-16-10-7-11-17-20/h4,6-11,14-17H,2-3,5,12-13H2,1H3. The van der Waals surface area contributed by atoms with Crippen molar-refractivity contribution in [1.29, 1.82) is 0 Å². The van der Waals surface area contributed by atoms with Crippen molar-refractivity contribution in [2.24, 2.45) is 0 Å². The zero-order chi connectivity index (χ0) is 14.9. The summed E-state index contributed by atoms with van der Waals surface area (Å²) in [6, 6.07) is 21.4. The normalized spacial score (nSPS) is 10.1. The van der Waals surface area contributed by atoms with Gasteiger partial charge < -0.3 is 0 Å². The van der Waals surface area contributed by atoms with E-state index in [0.717, 1.165) is 12.8 Å². The van der Waals surface area contributed by atoms with Crippen LogP contribution in [0, 0.1) is 0 Å². The molecule has 0 aliphatic rings. The van der Waals surface area contributed by atoms with Gasteiger partial charge in [0.1, 0.15) is 0 Å². The van der Waals surface area contributed by atoms with Crippen molar-refractivity contribution in [3.63, 3.8) is 0 Å². The van der Waals surface area contributed by atoms with Crippen molar-refractivity contribution in [3.05, 3.63) is 90.0 Å². The molecule has 0 fully saturated rings. The molecule has 2 aromatic carbocycles. The lowest BCUT2D eigenvalue weighted by molar-refractivity contribution is 0.777. The second kappa shape index (κ2) is 8.26. The van der Waals surface area contributed by atoms with Crippen LogP contribution in [0.4, 0.5) is 0 Å². The van der Waals surface area contributed by atoms with Crippen molar-refractivity contribution in [2.75, 3.05) is 0 Å². The Bertz CT molecular complexity index is 534. The molecule has 0 spiro atoms. The van der Waals surface area contributed by atoms with Crippen molar-refractivity contribution < 1.29 is 0 Å². The Kier molecular flexibility index (Phi) is 6.02. The van der Waals surface area contributed by atoms with Crippen LogP contribution in [0.1, 0.15) is 43.7 Å². The van der Waals surface area contributed by atoms with E-state index in [2.05, 4.69) is 74.2 Å². The first-order valence-electron chi connectivity index (χ1n) is 7.80. The molecule has 0 saturated carbocycles. The zero-order valence-corrected chi connectivity index (χ0v) is 12.9. The average Bonchev–Trinajstić information content (AvgIpc) is 2.55. The Balaban J connectivity index is 2.55. The molecule has 0 radical (unpaired) electrons. The van der Waals surface area contributed by atoms with E-state index in [-0.39, 0.29) is 0 Å². The summed E-state index contributed by atoms with van der Waals surface area (Å²) in [5.74, 6) is 0. The van der Waals surface area contributed by atoms with E-state index in [1.54, 1.807) is 0 Å². The maximum atomic E-state index is 3.94. The van der Waals surface area contributed by atoms with E-state index in [9.17, 15) is 0 Å². The van der Waals surface area contributed by atoms with Crippen LogP contribution < -0.4 is 0 Å².